The summed E-state index contributed by atoms with van der Waals surface area (Å²) in [5, 5.41) is 4.02. The van der Waals surface area contributed by atoms with Gasteiger partial charge in [0.2, 0.25) is 0 Å². The van der Waals surface area contributed by atoms with Gasteiger partial charge in [-0.15, -0.1) is 0 Å². The highest BCUT2D eigenvalue weighted by atomic mass is 35.5. The highest BCUT2D eigenvalue weighted by Crippen LogP contribution is 2.24. The maximum Gasteiger partial charge on any atom is 0.107 e. The van der Waals surface area contributed by atoms with Gasteiger partial charge in [0, 0.05) is 18.3 Å². The van der Waals surface area contributed by atoms with Gasteiger partial charge in [0.15, 0.2) is 0 Å². The molecule has 2 rings (SSSR count). The molecule has 19 heavy (non-hydrogen) atoms. The number of halogens is 1. The molecule has 1 unspecified atom stereocenters. The summed E-state index contributed by atoms with van der Waals surface area (Å²) in [5.74, 6) is 0. The molecule has 3 N–H and O–H groups in total. The molecule has 1 saturated heterocycles. The molecule has 3 nitrogen and oxygen atoms in total. The van der Waals surface area contributed by atoms with E-state index in [9.17, 15) is 0 Å². The number of benzene rings is 1. The van der Waals surface area contributed by atoms with Crippen LogP contribution in [0.2, 0.25) is 5.02 Å². The van der Waals surface area contributed by atoms with Crippen LogP contribution in [0.5, 0.6) is 0 Å². The van der Waals surface area contributed by atoms with Gasteiger partial charge in [-0.2, -0.15) is 0 Å². The van der Waals surface area contributed by atoms with Crippen LogP contribution < -0.4 is 11.1 Å². The molecule has 0 amide bonds. The van der Waals surface area contributed by atoms with E-state index in [1.165, 1.54) is 25.9 Å². The Balaban J connectivity index is 2.02. The summed E-state index contributed by atoms with van der Waals surface area (Å²) in [5.41, 5.74) is 7.41. The zero-order chi connectivity index (χ0) is 13.8. The molecule has 0 aromatic heterocycles. The van der Waals surface area contributed by atoms with Crippen LogP contribution in [0.15, 0.2) is 18.2 Å². The first-order valence-electron chi connectivity index (χ1n) is 6.66. The third-order valence-corrected chi connectivity index (χ3v) is 4.13. The van der Waals surface area contributed by atoms with E-state index in [4.69, 9.17) is 29.6 Å². The number of hydrogen-bond acceptors (Lipinski definition) is 3. The SMILES string of the molecule is CC(CNc1cccc(Cl)c1C(N)=S)N1CCCC1. The number of rotatable bonds is 5. The first-order chi connectivity index (χ1) is 9.09. The Kier molecular flexibility index (Phi) is 5.02. The molecule has 1 aliphatic rings. The number of nitrogens with two attached hydrogens (primary N) is 1. The van der Waals surface area contributed by atoms with Crippen LogP contribution in [-0.2, 0) is 0 Å². The van der Waals surface area contributed by atoms with E-state index in [0.717, 1.165) is 17.8 Å². The maximum absolute atomic E-state index is 6.15. The number of anilines is 1. The lowest BCUT2D eigenvalue weighted by Gasteiger charge is -2.25. The molecular formula is C14H20ClN3S. The lowest BCUT2D eigenvalue weighted by Crippen LogP contribution is -2.35. The smallest absolute Gasteiger partial charge is 0.107 e. The molecule has 104 valence electrons. The van der Waals surface area contributed by atoms with Crippen LogP contribution in [0.3, 0.4) is 0 Å². The Morgan fingerprint density at radius 3 is 2.79 bits per heavy atom. The van der Waals surface area contributed by atoms with Gasteiger partial charge in [0.25, 0.3) is 0 Å². The van der Waals surface area contributed by atoms with E-state index in [-0.39, 0.29) is 0 Å². The lowest BCUT2D eigenvalue weighted by molar-refractivity contribution is 0.269. The summed E-state index contributed by atoms with van der Waals surface area (Å²) in [6.07, 6.45) is 2.61. The van der Waals surface area contributed by atoms with Gasteiger partial charge < -0.3 is 11.1 Å². The average molecular weight is 298 g/mol. The van der Waals surface area contributed by atoms with Crippen LogP contribution in [-0.4, -0.2) is 35.6 Å². The number of likely N-dealkylation sites (tertiary alicyclic amines) is 1. The van der Waals surface area contributed by atoms with Crippen LogP contribution in [0.4, 0.5) is 5.69 Å². The van der Waals surface area contributed by atoms with E-state index >= 15 is 0 Å². The normalized spacial score (nSPS) is 17.4. The van der Waals surface area contributed by atoms with Gasteiger partial charge in [0.1, 0.15) is 4.99 Å². The lowest BCUT2D eigenvalue weighted by atomic mass is 10.1. The minimum Gasteiger partial charge on any atom is -0.389 e. The van der Waals surface area contributed by atoms with Crippen molar-refractivity contribution in [1.82, 2.24) is 4.90 Å². The van der Waals surface area contributed by atoms with E-state index < -0.39 is 0 Å². The van der Waals surface area contributed by atoms with Crippen LogP contribution in [0.25, 0.3) is 0 Å². The third-order valence-electron chi connectivity index (χ3n) is 3.61. The molecule has 0 aliphatic carbocycles. The van der Waals surface area contributed by atoms with Crippen LogP contribution in [0.1, 0.15) is 25.3 Å². The molecule has 0 bridgehead atoms. The van der Waals surface area contributed by atoms with Crippen LogP contribution in [0, 0.1) is 0 Å². The zero-order valence-corrected chi connectivity index (χ0v) is 12.7. The van der Waals surface area contributed by atoms with Gasteiger partial charge >= 0.3 is 0 Å². The number of hydrogen-bond donors (Lipinski definition) is 2. The summed E-state index contributed by atoms with van der Waals surface area (Å²) < 4.78 is 0. The Hall–Kier alpha value is -0.840. The Bertz CT molecular complexity index is 458. The van der Waals surface area contributed by atoms with Gasteiger partial charge in [-0.3, -0.25) is 4.90 Å². The van der Waals surface area contributed by atoms with E-state index in [1.54, 1.807) is 0 Å². The van der Waals surface area contributed by atoms with Crippen molar-refractivity contribution in [3.63, 3.8) is 0 Å². The quantitative estimate of drug-likeness (QED) is 0.820. The van der Waals surface area contributed by atoms with Gasteiger partial charge in [0.05, 0.1) is 10.6 Å². The first-order valence-corrected chi connectivity index (χ1v) is 7.44. The summed E-state index contributed by atoms with van der Waals surface area (Å²) >= 11 is 11.2. The van der Waals surface area contributed by atoms with Crippen molar-refractivity contribution in [3.8, 4) is 0 Å². The second-order valence-corrected chi connectivity index (χ2v) is 5.85. The molecule has 5 heteroatoms. The first kappa shape index (κ1) is 14.6. The maximum atomic E-state index is 6.15. The van der Waals surface area contributed by atoms with Gasteiger partial charge in [-0.25, -0.2) is 0 Å². The fraction of sp³-hybridized carbons (Fsp3) is 0.500. The van der Waals surface area contributed by atoms with Crippen molar-refractivity contribution in [1.29, 1.82) is 0 Å². The van der Waals surface area contributed by atoms with Crippen molar-refractivity contribution in [2.45, 2.75) is 25.8 Å². The summed E-state index contributed by atoms with van der Waals surface area (Å²) in [7, 11) is 0. The average Bonchev–Trinajstić information content (AvgIpc) is 2.89. The molecule has 1 aromatic rings. The van der Waals surface area contributed by atoms with E-state index in [1.807, 2.05) is 18.2 Å². The number of nitrogens with zero attached hydrogens (tertiary/aromatic N) is 1. The monoisotopic (exact) mass is 297 g/mol. The largest absolute Gasteiger partial charge is 0.389 e. The fourth-order valence-electron chi connectivity index (χ4n) is 2.49. The molecule has 1 fully saturated rings. The van der Waals surface area contributed by atoms with Crippen molar-refractivity contribution in [2.24, 2.45) is 5.73 Å². The zero-order valence-electron chi connectivity index (χ0n) is 11.2. The van der Waals surface area contributed by atoms with E-state index in [2.05, 4.69) is 17.1 Å². The van der Waals surface area contributed by atoms with E-state index in [0.29, 0.717) is 16.1 Å². The molecule has 1 heterocycles. The highest BCUT2D eigenvalue weighted by Gasteiger charge is 2.18. The van der Waals surface area contributed by atoms with Crippen molar-refractivity contribution in [2.75, 3.05) is 25.0 Å². The second kappa shape index (κ2) is 6.55. The van der Waals surface area contributed by atoms with Crippen molar-refractivity contribution < 1.29 is 0 Å². The summed E-state index contributed by atoms with van der Waals surface area (Å²) in [6.45, 7) is 5.50. The third kappa shape index (κ3) is 3.59. The predicted octanol–water partition coefficient (Wildman–Crippen LogP) is 2.87. The molecule has 1 atom stereocenters. The molecule has 0 saturated carbocycles. The van der Waals surface area contributed by atoms with Crippen LogP contribution >= 0.6 is 23.8 Å². The van der Waals surface area contributed by atoms with Crippen molar-refractivity contribution >= 4 is 34.5 Å². The number of thiocarbonyl (C=S) groups is 1. The van der Waals surface area contributed by atoms with Gasteiger partial charge in [-0.1, -0.05) is 29.9 Å². The Morgan fingerprint density at radius 2 is 2.16 bits per heavy atom. The Morgan fingerprint density at radius 1 is 1.47 bits per heavy atom. The second-order valence-electron chi connectivity index (χ2n) is 5.00. The molecular weight excluding hydrogens is 278 g/mol. The molecule has 0 radical (unpaired) electrons. The molecule has 1 aliphatic heterocycles. The standard InChI is InChI=1S/C14H20ClN3S/c1-10(18-7-2-3-8-18)9-17-12-6-4-5-11(15)13(12)14(16)19/h4-6,10,17H,2-3,7-9H2,1H3,(H2,16,19). The van der Waals surface area contributed by atoms with Crippen molar-refractivity contribution in [3.05, 3.63) is 28.8 Å². The predicted molar refractivity (Wildman–Crippen MR) is 86.1 cm³/mol. The molecule has 0 spiro atoms. The molecule has 1 aromatic carbocycles. The van der Waals surface area contributed by atoms with Gasteiger partial charge in [-0.05, 0) is 45.0 Å². The highest BCUT2D eigenvalue weighted by molar-refractivity contribution is 7.80. The minimum absolute atomic E-state index is 0.335. The topological polar surface area (TPSA) is 41.3 Å². The number of nitrogens with one attached hydrogen (secondary N) is 1. The summed E-state index contributed by atoms with van der Waals surface area (Å²) in [4.78, 5) is 2.83. The fourth-order valence-corrected chi connectivity index (χ4v) is 3.04. The summed E-state index contributed by atoms with van der Waals surface area (Å²) in [6, 6.07) is 6.19. The minimum atomic E-state index is 0.335. The Labute approximate surface area is 125 Å².